The second kappa shape index (κ2) is 5.32. The summed E-state index contributed by atoms with van der Waals surface area (Å²) in [5.74, 6) is 0. The van der Waals surface area contributed by atoms with Gasteiger partial charge < -0.3 is 10.5 Å². The van der Waals surface area contributed by atoms with Gasteiger partial charge >= 0.3 is 0 Å². The van der Waals surface area contributed by atoms with Crippen LogP contribution >= 0.6 is 27.3 Å². The summed E-state index contributed by atoms with van der Waals surface area (Å²) >= 11 is 5.19. The molecule has 0 unspecified atom stereocenters. The monoisotopic (exact) mass is 338 g/mol. The van der Waals surface area contributed by atoms with Gasteiger partial charge in [-0.05, 0) is 12.1 Å². The number of halogens is 1. The molecule has 5 heteroatoms. The van der Waals surface area contributed by atoms with Gasteiger partial charge in [-0.2, -0.15) is 0 Å². The van der Waals surface area contributed by atoms with Gasteiger partial charge in [-0.1, -0.05) is 28.1 Å². The third kappa shape index (κ3) is 2.74. The molecule has 0 radical (unpaired) electrons. The van der Waals surface area contributed by atoms with E-state index in [2.05, 4.69) is 33.4 Å². The van der Waals surface area contributed by atoms with Crippen LogP contribution < -0.4 is 5.73 Å². The zero-order valence-electron chi connectivity index (χ0n) is 10.4. The molecule has 0 saturated carbocycles. The van der Waals surface area contributed by atoms with Crippen molar-refractivity contribution in [2.24, 2.45) is 11.1 Å². The summed E-state index contributed by atoms with van der Waals surface area (Å²) in [6.07, 6.45) is 0.919. The first kappa shape index (κ1) is 13.2. The fourth-order valence-corrected chi connectivity index (χ4v) is 3.55. The van der Waals surface area contributed by atoms with E-state index in [9.17, 15) is 0 Å². The fraction of sp³-hybridized carbons (Fsp3) is 0.357. The number of hydrogen-bond acceptors (Lipinski definition) is 4. The van der Waals surface area contributed by atoms with Gasteiger partial charge in [-0.25, -0.2) is 4.98 Å². The van der Waals surface area contributed by atoms with E-state index in [4.69, 9.17) is 15.5 Å². The summed E-state index contributed by atoms with van der Waals surface area (Å²) in [5.41, 5.74) is 8.14. The minimum atomic E-state index is 0.117. The van der Waals surface area contributed by atoms with Crippen LogP contribution in [0, 0.1) is 5.41 Å². The number of nitrogens with two attached hydrogens (primary N) is 1. The van der Waals surface area contributed by atoms with E-state index in [0.717, 1.165) is 40.4 Å². The molecular weight excluding hydrogens is 324 g/mol. The van der Waals surface area contributed by atoms with Crippen molar-refractivity contribution in [3.63, 3.8) is 0 Å². The third-order valence-corrected chi connectivity index (χ3v) is 4.79. The second-order valence-corrected chi connectivity index (χ2v) is 6.87. The van der Waals surface area contributed by atoms with E-state index in [1.54, 1.807) is 11.3 Å². The van der Waals surface area contributed by atoms with Crippen LogP contribution in [0.3, 0.4) is 0 Å². The SMILES string of the molecule is NCC1(Cc2nc(-c3cccc(Br)c3)cs2)COC1. The molecule has 1 aromatic carbocycles. The van der Waals surface area contributed by atoms with Crippen LogP contribution in [0.2, 0.25) is 0 Å². The molecule has 2 N–H and O–H groups in total. The maximum absolute atomic E-state index is 5.85. The maximum atomic E-state index is 5.85. The zero-order valence-corrected chi connectivity index (χ0v) is 12.8. The van der Waals surface area contributed by atoms with Gasteiger partial charge in [0.15, 0.2) is 0 Å². The average Bonchev–Trinajstić information content (AvgIpc) is 2.82. The Kier molecular flexibility index (Phi) is 3.71. The van der Waals surface area contributed by atoms with Crippen molar-refractivity contribution in [1.82, 2.24) is 4.98 Å². The molecule has 0 amide bonds. The van der Waals surface area contributed by atoms with E-state index in [1.807, 2.05) is 12.1 Å². The molecule has 0 bridgehead atoms. The van der Waals surface area contributed by atoms with Crippen molar-refractivity contribution >= 4 is 27.3 Å². The van der Waals surface area contributed by atoms with Gasteiger partial charge in [0.1, 0.15) is 0 Å². The molecule has 1 aliphatic rings. The lowest BCUT2D eigenvalue weighted by molar-refractivity contribution is -0.106. The highest BCUT2D eigenvalue weighted by molar-refractivity contribution is 9.10. The summed E-state index contributed by atoms with van der Waals surface area (Å²) < 4.78 is 6.37. The Bertz CT molecular complexity index is 575. The number of hydrogen-bond donors (Lipinski definition) is 1. The van der Waals surface area contributed by atoms with Crippen molar-refractivity contribution in [3.8, 4) is 11.3 Å². The van der Waals surface area contributed by atoms with Gasteiger partial charge in [0.05, 0.1) is 23.9 Å². The number of benzene rings is 1. The normalized spacial score (nSPS) is 17.2. The molecule has 0 spiro atoms. The third-order valence-electron chi connectivity index (χ3n) is 3.45. The smallest absolute Gasteiger partial charge is 0.0940 e. The van der Waals surface area contributed by atoms with Gasteiger partial charge in [-0.3, -0.25) is 0 Å². The largest absolute Gasteiger partial charge is 0.380 e. The number of ether oxygens (including phenoxy) is 1. The van der Waals surface area contributed by atoms with Crippen LogP contribution in [0.5, 0.6) is 0 Å². The average molecular weight is 339 g/mol. The second-order valence-electron chi connectivity index (χ2n) is 5.01. The van der Waals surface area contributed by atoms with Crippen molar-refractivity contribution in [2.75, 3.05) is 19.8 Å². The van der Waals surface area contributed by atoms with Crippen LogP contribution in [-0.2, 0) is 11.2 Å². The summed E-state index contributed by atoms with van der Waals surface area (Å²) in [6.45, 7) is 2.18. The lowest BCUT2D eigenvalue weighted by Crippen LogP contribution is -2.49. The van der Waals surface area contributed by atoms with Crippen molar-refractivity contribution in [1.29, 1.82) is 0 Å². The van der Waals surface area contributed by atoms with E-state index < -0.39 is 0 Å². The maximum Gasteiger partial charge on any atom is 0.0940 e. The van der Waals surface area contributed by atoms with Crippen LogP contribution in [0.15, 0.2) is 34.1 Å². The number of nitrogens with zero attached hydrogens (tertiary/aromatic N) is 1. The molecule has 2 heterocycles. The standard InChI is InChI=1S/C14H15BrN2OS/c15-11-3-1-2-10(4-11)12-6-19-13(17-12)5-14(7-16)8-18-9-14/h1-4,6H,5,7-9,16H2. The molecule has 100 valence electrons. The Hall–Kier alpha value is -0.750. The first-order chi connectivity index (χ1) is 9.21. The number of thiazole rings is 1. The van der Waals surface area contributed by atoms with E-state index in [0.29, 0.717) is 6.54 Å². The minimum absolute atomic E-state index is 0.117. The molecule has 0 atom stereocenters. The molecule has 0 aliphatic carbocycles. The summed E-state index contributed by atoms with van der Waals surface area (Å²) in [5, 5.41) is 3.25. The molecule has 3 nitrogen and oxygen atoms in total. The number of aromatic nitrogens is 1. The van der Waals surface area contributed by atoms with Crippen molar-refractivity contribution in [3.05, 3.63) is 39.1 Å². The Balaban J connectivity index is 1.80. The first-order valence-electron chi connectivity index (χ1n) is 6.19. The summed E-state index contributed by atoms with van der Waals surface area (Å²) in [6, 6.07) is 8.21. The summed E-state index contributed by atoms with van der Waals surface area (Å²) in [7, 11) is 0. The number of rotatable bonds is 4. The molecule has 2 aromatic rings. The van der Waals surface area contributed by atoms with Crippen LogP contribution in [0.1, 0.15) is 5.01 Å². The fourth-order valence-electron chi connectivity index (χ4n) is 2.18. The molecule has 3 rings (SSSR count). The van der Waals surface area contributed by atoms with Crippen LogP contribution in [-0.4, -0.2) is 24.7 Å². The lowest BCUT2D eigenvalue weighted by atomic mass is 9.83. The van der Waals surface area contributed by atoms with Gasteiger partial charge in [0.25, 0.3) is 0 Å². The molecule has 1 saturated heterocycles. The van der Waals surface area contributed by atoms with Crippen LogP contribution in [0.4, 0.5) is 0 Å². The zero-order chi connectivity index (χ0) is 13.3. The van der Waals surface area contributed by atoms with E-state index >= 15 is 0 Å². The Morgan fingerprint density at radius 2 is 2.26 bits per heavy atom. The Labute approximate surface area is 124 Å². The predicted molar refractivity (Wildman–Crippen MR) is 81.3 cm³/mol. The highest BCUT2D eigenvalue weighted by atomic mass is 79.9. The molecule has 1 fully saturated rings. The van der Waals surface area contributed by atoms with Crippen molar-refractivity contribution in [2.45, 2.75) is 6.42 Å². The quantitative estimate of drug-likeness (QED) is 0.931. The van der Waals surface area contributed by atoms with E-state index in [-0.39, 0.29) is 5.41 Å². The first-order valence-corrected chi connectivity index (χ1v) is 7.86. The molecular formula is C14H15BrN2OS. The molecule has 19 heavy (non-hydrogen) atoms. The Morgan fingerprint density at radius 1 is 1.42 bits per heavy atom. The van der Waals surface area contributed by atoms with E-state index in [1.165, 1.54) is 0 Å². The summed E-state index contributed by atoms with van der Waals surface area (Å²) in [4.78, 5) is 4.72. The topological polar surface area (TPSA) is 48.1 Å². The molecule has 1 aliphatic heterocycles. The van der Waals surface area contributed by atoms with Crippen molar-refractivity contribution < 1.29 is 4.74 Å². The van der Waals surface area contributed by atoms with Gasteiger partial charge in [0, 0.05) is 33.8 Å². The van der Waals surface area contributed by atoms with Crippen LogP contribution in [0.25, 0.3) is 11.3 Å². The lowest BCUT2D eigenvalue weighted by Gasteiger charge is -2.39. The molecule has 1 aromatic heterocycles. The van der Waals surface area contributed by atoms with Gasteiger partial charge in [-0.15, -0.1) is 11.3 Å². The minimum Gasteiger partial charge on any atom is -0.380 e. The van der Waals surface area contributed by atoms with Gasteiger partial charge in [0.2, 0.25) is 0 Å². The highest BCUT2D eigenvalue weighted by Gasteiger charge is 2.38. The highest BCUT2D eigenvalue weighted by Crippen LogP contribution is 2.33. The predicted octanol–water partition coefficient (Wildman–Crippen LogP) is 3.09. The Morgan fingerprint density at radius 3 is 2.89 bits per heavy atom.